The van der Waals surface area contributed by atoms with E-state index in [2.05, 4.69) is 62.7 Å². The molecule has 3 aromatic rings. The molecule has 0 unspecified atom stereocenters. The normalized spacial score (nSPS) is 10.8. The maximum Gasteiger partial charge on any atom is 0.246 e. The SMILES string of the molecule is CC(C)c1ccc(NC(=S)NCc2nc(-c3cccc(Br)c3)no2)cc1. The van der Waals surface area contributed by atoms with Crippen molar-refractivity contribution in [1.82, 2.24) is 15.5 Å². The van der Waals surface area contributed by atoms with Gasteiger partial charge in [0.25, 0.3) is 0 Å². The minimum absolute atomic E-state index is 0.358. The van der Waals surface area contributed by atoms with Crippen molar-refractivity contribution in [3.63, 3.8) is 0 Å². The Bertz CT molecular complexity index is 893. The van der Waals surface area contributed by atoms with Gasteiger partial charge in [0.05, 0.1) is 6.54 Å². The van der Waals surface area contributed by atoms with Crippen molar-refractivity contribution in [2.45, 2.75) is 26.3 Å². The van der Waals surface area contributed by atoms with Crippen molar-refractivity contribution < 1.29 is 4.52 Å². The summed E-state index contributed by atoms with van der Waals surface area (Å²) in [4.78, 5) is 4.38. The summed E-state index contributed by atoms with van der Waals surface area (Å²) in [6.07, 6.45) is 0. The Morgan fingerprint density at radius 1 is 1.19 bits per heavy atom. The standard InChI is InChI=1S/C19H19BrN4OS/c1-12(2)13-6-8-16(9-7-13)22-19(26)21-11-17-23-18(24-25-17)14-4-3-5-15(20)10-14/h3-10,12H,11H2,1-2H3,(H2,21,22,26). The lowest BCUT2D eigenvalue weighted by Gasteiger charge is -2.10. The molecule has 0 aliphatic carbocycles. The van der Waals surface area contributed by atoms with Gasteiger partial charge in [0.15, 0.2) is 5.11 Å². The third-order valence-electron chi connectivity index (χ3n) is 3.79. The number of halogens is 1. The molecular weight excluding hydrogens is 412 g/mol. The van der Waals surface area contributed by atoms with Crippen LogP contribution in [0.5, 0.6) is 0 Å². The molecule has 0 atom stereocenters. The highest BCUT2D eigenvalue weighted by molar-refractivity contribution is 9.10. The number of hydrogen-bond acceptors (Lipinski definition) is 4. The molecule has 0 radical (unpaired) electrons. The van der Waals surface area contributed by atoms with E-state index < -0.39 is 0 Å². The van der Waals surface area contributed by atoms with Crippen LogP contribution < -0.4 is 10.6 Å². The number of anilines is 1. The molecule has 1 heterocycles. The zero-order valence-electron chi connectivity index (χ0n) is 14.5. The number of aromatic nitrogens is 2. The maximum absolute atomic E-state index is 5.32. The van der Waals surface area contributed by atoms with Gasteiger partial charge in [0, 0.05) is 15.7 Å². The molecule has 0 fully saturated rings. The minimum Gasteiger partial charge on any atom is -0.353 e. The number of hydrogen-bond donors (Lipinski definition) is 2. The molecule has 0 aliphatic rings. The van der Waals surface area contributed by atoms with Gasteiger partial charge in [0.1, 0.15) is 0 Å². The number of nitrogens with zero attached hydrogens (tertiary/aromatic N) is 2. The van der Waals surface area contributed by atoms with Crippen molar-refractivity contribution in [3.05, 3.63) is 64.5 Å². The Labute approximate surface area is 166 Å². The Morgan fingerprint density at radius 3 is 2.65 bits per heavy atom. The Balaban J connectivity index is 1.55. The predicted octanol–water partition coefficient (Wildman–Crippen LogP) is 5.11. The van der Waals surface area contributed by atoms with E-state index in [0.717, 1.165) is 15.7 Å². The number of rotatable bonds is 5. The van der Waals surface area contributed by atoms with E-state index in [1.54, 1.807) is 0 Å². The summed E-state index contributed by atoms with van der Waals surface area (Å²) < 4.78 is 6.24. The van der Waals surface area contributed by atoms with Crippen molar-refractivity contribution in [3.8, 4) is 11.4 Å². The molecule has 0 aliphatic heterocycles. The van der Waals surface area contributed by atoms with E-state index >= 15 is 0 Å². The maximum atomic E-state index is 5.32. The zero-order chi connectivity index (χ0) is 18.5. The quantitative estimate of drug-likeness (QED) is 0.548. The molecular formula is C19H19BrN4OS. The van der Waals surface area contributed by atoms with Crippen LogP contribution in [0.3, 0.4) is 0 Å². The fourth-order valence-corrected chi connectivity index (χ4v) is 2.94. The molecule has 0 amide bonds. The van der Waals surface area contributed by atoms with Crippen LogP contribution >= 0.6 is 28.1 Å². The van der Waals surface area contributed by atoms with Gasteiger partial charge in [-0.2, -0.15) is 4.98 Å². The van der Waals surface area contributed by atoms with E-state index in [-0.39, 0.29) is 0 Å². The fraction of sp³-hybridized carbons (Fsp3) is 0.211. The smallest absolute Gasteiger partial charge is 0.246 e. The van der Waals surface area contributed by atoms with Crippen LogP contribution in [0.2, 0.25) is 0 Å². The van der Waals surface area contributed by atoms with Crippen molar-refractivity contribution in [2.75, 3.05) is 5.32 Å². The van der Waals surface area contributed by atoms with Crippen LogP contribution in [0.1, 0.15) is 31.2 Å². The molecule has 0 saturated heterocycles. The van der Waals surface area contributed by atoms with Gasteiger partial charge in [-0.25, -0.2) is 0 Å². The number of benzene rings is 2. The van der Waals surface area contributed by atoms with Gasteiger partial charge in [-0.1, -0.05) is 59.2 Å². The second-order valence-corrected chi connectivity index (χ2v) is 7.43. The van der Waals surface area contributed by atoms with Gasteiger partial charge in [-0.15, -0.1) is 0 Å². The van der Waals surface area contributed by atoms with E-state index in [0.29, 0.717) is 29.3 Å². The van der Waals surface area contributed by atoms with Crippen LogP contribution in [0, 0.1) is 0 Å². The first kappa shape index (κ1) is 18.5. The van der Waals surface area contributed by atoms with Gasteiger partial charge < -0.3 is 15.2 Å². The molecule has 0 bridgehead atoms. The van der Waals surface area contributed by atoms with Crippen LogP contribution in [0.25, 0.3) is 11.4 Å². The van der Waals surface area contributed by atoms with Crippen molar-refractivity contribution >= 4 is 38.9 Å². The second kappa shape index (κ2) is 8.42. The number of nitrogens with one attached hydrogen (secondary N) is 2. The van der Waals surface area contributed by atoms with Crippen LogP contribution in [0.4, 0.5) is 5.69 Å². The summed E-state index contributed by atoms with van der Waals surface area (Å²) in [5.41, 5.74) is 3.12. The summed E-state index contributed by atoms with van der Waals surface area (Å²) in [7, 11) is 0. The van der Waals surface area contributed by atoms with Crippen LogP contribution in [-0.2, 0) is 6.54 Å². The zero-order valence-corrected chi connectivity index (χ0v) is 16.9. The van der Waals surface area contributed by atoms with Gasteiger partial charge in [0.2, 0.25) is 11.7 Å². The third kappa shape index (κ3) is 4.89. The second-order valence-electron chi connectivity index (χ2n) is 6.11. The summed E-state index contributed by atoms with van der Waals surface area (Å²) in [6.45, 7) is 4.69. The lowest BCUT2D eigenvalue weighted by molar-refractivity contribution is 0.376. The first-order valence-corrected chi connectivity index (χ1v) is 9.45. The largest absolute Gasteiger partial charge is 0.353 e. The molecule has 134 valence electrons. The molecule has 1 aromatic heterocycles. The lowest BCUT2D eigenvalue weighted by Crippen LogP contribution is -2.28. The highest BCUT2D eigenvalue weighted by Gasteiger charge is 2.09. The fourth-order valence-electron chi connectivity index (χ4n) is 2.35. The summed E-state index contributed by atoms with van der Waals surface area (Å²) in [5, 5.41) is 10.7. The summed E-state index contributed by atoms with van der Waals surface area (Å²) >= 11 is 8.75. The first-order chi connectivity index (χ1) is 12.5. The van der Waals surface area contributed by atoms with Gasteiger partial charge in [-0.05, 0) is 48.0 Å². The Kier molecular flexibility index (Phi) is 6.00. The highest BCUT2D eigenvalue weighted by Crippen LogP contribution is 2.20. The predicted molar refractivity (Wildman–Crippen MR) is 111 cm³/mol. The topological polar surface area (TPSA) is 63.0 Å². The van der Waals surface area contributed by atoms with Gasteiger partial charge in [-0.3, -0.25) is 0 Å². The molecule has 5 nitrogen and oxygen atoms in total. The summed E-state index contributed by atoms with van der Waals surface area (Å²) in [5.74, 6) is 1.52. The Morgan fingerprint density at radius 2 is 1.96 bits per heavy atom. The minimum atomic E-state index is 0.358. The van der Waals surface area contributed by atoms with Crippen LogP contribution in [-0.4, -0.2) is 15.3 Å². The molecule has 0 saturated carbocycles. The van der Waals surface area contributed by atoms with Crippen molar-refractivity contribution in [1.29, 1.82) is 0 Å². The molecule has 0 spiro atoms. The average molecular weight is 431 g/mol. The van der Waals surface area contributed by atoms with Crippen LogP contribution in [0.15, 0.2) is 57.5 Å². The monoisotopic (exact) mass is 430 g/mol. The lowest BCUT2D eigenvalue weighted by atomic mass is 10.0. The highest BCUT2D eigenvalue weighted by atomic mass is 79.9. The van der Waals surface area contributed by atoms with Gasteiger partial charge >= 0.3 is 0 Å². The molecule has 2 aromatic carbocycles. The summed E-state index contributed by atoms with van der Waals surface area (Å²) in [6, 6.07) is 16.0. The third-order valence-corrected chi connectivity index (χ3v) is 4.53. The molecule has 7 heteroatoms. The Hall–Kier alpha value is -2.25. The van der Waals surface area contributed by atoms with E-state index in [1.165, 1.54) is 5.56 Å². The average Bonchev–Trinajstić information content (AvgIpc) is 3.09. The van der Waals surface area contributed by atoms with E-state index in [9.17, 15) is 0 Å². The van der Waals surface area contributed by atoms with E-state index in [1.807, 2.05) is 36.4 Å². The molecule has 26 heavy (non-hydrogen) atoms. The number of thiocarbonyl (C=S) groups is 1. The molecule has 2 N–H and O–H groups in total. The first-order valence-electron chi connectivity index (χ1n) is 8.24. The van der Waals surface area contributed by atoms with Crippen molar-refractivity contribution in [2.24, 2.45) is 0 Å². The molecule has 3 rings (SSSR count). The van der Waals surface area contributed by atoms with E-state index in [4.69, 9.17) is 16.7 Å².